The van der Waals surface area contributed by atoms with E-state index in [1.165, 1.54) is 22.0 Å². The van der Waals surface area contributed by atoms with E-state index in [0.29, 0.717) is 40.9 Å². The highest BCUT2D eigenvalue weighted by Gasteiger charge is 2.17. The molecule has 0 aliphatic heterocycles. The first-order valence-electron chi connectivity index (χ1n) is 9.81. The molecule has 0 atom stereocenters. The van der Waals surface area contributed by atoms with Crippen molar-refractivity contribution in [2.75, 3.05) is 0 Å². The van der Waals surface area contributed by atoms with Crippen molar-refractivity contribution >= 4 is 28.5 Å². The van der Waals surface area contributed by atoms with Crippen LogP contribution in [0.5, 0.6) is 5.75 Å². The van der Waals surface area contributed by atoms with Gasteiger partial charge in [-0.05, 0) is 31.9 Å². The molecule has 0 spiro atoms. The van der Waals surface area contributed by atoms with E-state index in [1.807, 2.05) is 42.6 Å². The van der Waals surface area contributed by atoms with E-state index in [0.717, 1.165) is 16.3 Å². The van der Waals surface area contributed by atoms with Crippen LogP contribution in [0.2, 0.25) is 0 Å². The number of thiazole rings is 2. The third-order valence-corrected chi connectivity index (χ3v) is 6.68. The second-order valence-electron chi connectivity index (χ2n) is 7.04. The highest BCUT2D eigenvalue weighted by molar-refractivity contribution is 7.16. The van der Waals surface area contributed by atoms with Crippen LogP contribution in [0.3, 0.4) is 0 Å². The predicted octanol–water partition coefficient (Wildman–Crippen LogP) is 4.76. The molecule has 0 N–H and O–H groups in total. The van der Waals surface area contributed by atoms with E-state index in [4.69, 9.17) is 4.74 Å². The molecule has 0 unspecified atom stereocenters. The van der Waals surface area contributed by atoms with Gasteiger partial charge in [0.05, 0.1) is 21.3 Å². The molecule has 8 heteroatoms. The fourth-order valence-electron chi connectivity index (χ4n) is 3.07. The minimum atomic E-state index is -0.253. The Balaban J connectivity index is 1.45. The maximum atomic E-state index is 12.7. The molecule has 0 saturated carbocycles. The van der Waals surface area contributed by atoms with Crippen LogP contribution in [0, 0.1) is 13.8 Å². The van der Waals surface area contributed by atoms with Crippen molar-refractivity contribution in [3.63, 3.8) is 0 Å². The van der Waals surface area contributed by atoms with Crippen LogP contribution in [-0.4, -0.2) is 20.3 Å². The lowest BCUT2D eigenvalue weighted by Gasteiger charge is -2.07. The zero-order chi connectivity index (χ0) is 21.8. The van der Waals surface area contributed by atoms with Gasteiger partial charge in [0.1, 0.15) is 12.4 Å². The van der Waals surface area contributed by atoms with E-state index >= 15 is 0 Å². The van der Waals surface area contributed by atoms with Gasteiger partial charge < -0.3 is 4.74 Å². The molecule has 0 amide bonds. The summed E-state index contributed by atoms with van der Waals surface area (Å²) in [4.78, 5) is 34.7. The van der Waals surface area contributed by atoms with Gasteiger partial charge in [-0.25, -0.2) is 9.97 Å². The smallest absolute Gasteiger partial charge is 0.260 e. The second-order valence-corrected chi connectivity index (χ2v) is 9.08. The lowest BCUT2D eigenvalue weighted by atomic mass is 10.1. The Morgan fingerprint density at radius 1 is 1.13 bits per heavy atom. The van der Waals surface area contributed by atoms with Crippen molar-refractivity contribution < 1.29 is 9.53 Å². The Bertz CT molecular complexity index is 1260. The van der Waals surface area contributed by atoms with Gasteiger partial charge in [-0.3, -0.25) is 14.2 Å². The third-order valence-electron chi connectivity index (χ3n) is 4.66. The standard InChI is InChI=1S/C23H21N3O3S2/c1-15-22(20(27)9-8-18-14-30-16(2)25-18)31-23(24-15)26-11-10-19(12-21(26)28)29-13-17-6-4-3-5-7-17/h3-7,10-12,14H,8-9,13H2,1-2H3. The number of nitrogens with zero attached hydrogens (tertiary/aromatic N) is 3. The summed E-state index contributed by atoms with van der Waals surface area (Å²) in [5.41, 5.74) is 2.34. The van der Waals surface area contributed by atoms with E-state index in [2.05, 4.69) is 9.97 Å². The third kappa shape index (κ3) is 5.15. The number of benzene rings is 1. The van der Waals surface area contributed by atoms with Crippen LogP contribution in [0.4, 0.5) is 0 Å². The van der Waals surface area contributed by atoms with Crippen LogP contribution in [-0.2, 0) is 13.0 Å². The van der Waals surface area contributed by atoms with Crippen molar-refractivity contribution in [2.45, 2.75) is 33.3 Å². The summed E-state index contributed by atoms with van der Waals surface area (Å²) in [6, 6.07) is 12.9. The van der Waals surface area contributed by atoms with Crippen LogP contribution in [0.1, 0.15) is 38.1 Å². The molecule has 4 rings (SSSR count). The minimum absolute atomic E-state index is 0.0165. The molecule has 0 fully saturated rings. The number of carbonyl (C=O) groups excluding carboxylic acids is 1. The number of ether oxygens (including phenoxy) is 1. The lowest BCUT2D eigenvalue weighted by Crippen LogP contribution is -2.16. The van der Waals surface area contributed by atoms with Gasteiger partial charge in [0.2, 0.25) is 0 Å². The summed E-state index contributed by atoms with van der Waals surface area (Å²) in [6.07, 6.45) is 2.60. The first-order valence-corrected chi connectivity index (χ1v) is 11.5. The minimum Gasteiger partial charge on any atom is -0.489 e. The molecule has 6 nitrogen and oxygen atoms in total. The van der Waals surface area contributed by atoms with Gasteiger partial charge in [0, 0.05) is 24.1 Å². The van der Waals surface area contributed by atoms with Crippen molar-refractivity contribution in [3.8, 4) is 10.9 Å². The number of aryl methyl sites for hydroxylation is 3. The average molecular weight is 452 g/mol. The molecule has 4 aromatic rings. The normalized spacial score (nSPS) is 10.9. The second kappa shape index (κ2) is 9.36. The average Bonchev–Trinajstić information content (AvgIpc) is 3.36. The number of ketones is 1. The summed E-state index contributed by atoms with van der Waals surface area (Å²) >= 11 is 2.82. The lowest BCUT2D eigenvalue weighted by molar-refractivity contribution is 0.0985. The number of hydrogen-bond acceptors (Lipinski definition) is 7. The van der Waals surface area contributed by atoms with E-state index < -0.39 is 0 Å². The Labute approximate surface area is 187 Å². The van der Waals surface area contributed by atoms with Crippen LogP contribution in [0.15, 0.2) is 58.8 Å². The van der Waals surface area contributed by atoms with Crippen molar-refractivity contribution in [1.29, 1.82) is 0 Å². The highest BCUT2D eigenvalue weighted by atomic mass is 32.1. The maximum Gasteiger partial charge on any atom is 0.260 e. The zero-order valence-electron chi connectivity index (χ0n) is 17.2. The van der Waals surface area contributed by atoms with Gasteiger partial charge in [-0.1, -0.05) is 41.7 Å². The summed E-state index contributed by atoms with van der Waals surface area (Å²) in [5, 5.41) is 3.45. The van der Waals surface area contributed by atoms with Gasteiger partial charge in [0.15, 0.2) is 10.9 Å². The van der Waals surface area contributed by atoms with Crippen molar-refractivity contribution in [1.82, 2.24) is 14.5 Å². The number of hydrogen-bond donors (Lipinski definition) is 0. The molecular weight excluding hydrogens is 430 g/mol. The van der Waals surface area contributed by atoms with Crippen LogP contribution < -0.4 is 10.3 Å². The molecule has 158 valence electrons. The molecule has 0 saturated heterocycles. The van der Waals surface area contributed by atoms with Gasteiger partial charge in [-0.2, -0.15) is 0 Å². The monoisotopic (exact) mass is 451 g/mol. The molecular formula is C23H21N3O3S2. The van der Waals surface area contributed by atoms with Crippen LogP contribution >= 0.6 is 22.7 Å². The topological polar surface area (TPSA) is 74.1 Å². The molecule has 1 aromatic carbocycles. The number of pyridine rings is 1. The molecule has 3 aromatic heterocycles. The van der Waals surface area contributed by atoms with Crippen molar-refractivity contribution in [2.24, 2.45) is 0 Å². The zero-order valence-corrected chi connectivity index (χ0v) is 18.8. The van der Waals surface area contributed by atoms with Gasteiger partial charge in [-0.15, -0.1) is 11.3 Å². The largest absolute Gasteiger partial charge is 0.489 e. The Kier molecular flexibility index (Phi) is 6.39. The fourth-order valence-corrected chi connectivity index (χ4v) is 4.74. The maximum absolute atomic E-state index is 12.7. The molecule has 31 heavy (non-hydrogen) atoms. The highest BCUT2D eigenvalue weighted by Crippen LogP contribution is 2.23. The van der Waals surface area contributed by atoms with E-state index in [-0.39, 0.29) is 11.3 Å². The fraction of sp³-hybridized carbons (Fsp3) is 0.217. The van der Waals surface area contributed by atoms with Crippen LogP contribution in [0.25, 0.3) is 5.13 Å². The number of Topliss-reactive ketones (excluding diaryl/α,β-unsaturated/α-hetero) is 1. The quantitative estimate of drug-likeness (QED) is 0.361. The molecule has 0 radical (unpaired) electrons. The summed E-state index contributed by atoms with van der Waals surface area (Å²) in [7, 11) is 0. The van der Waals surface area contributed by atoms with E-state index in [9.17, 15) is 9.59 Å². The van der Waals surface area contributed by atoms with Gasteiger partial charge in [0.25, 0.3) is 5.56 Å². The molecule has 3 heterocycles. The predicted molar refractivity (Wildman–Crippen MR) is 123 cm³/mol. The van der Waals surface area contributed by atoms with E-state index in [1.54, 1.807) is 30.5 Å². The molecule has 0 aliphatic carbocycles. The summed E-state index contributed by atoms with van der Waals surface area (Å²) in [6.45, 7) is 4.13. The molecule has 0 aliphatic rings. The number of carbonyl (C=O) groups is 1. The first-order chi connectivity index (χ1) is 15.0. The summed E-state index contributed by atoms with van der Waals surface area (Å²) < 4.78 is 7.16. The van der Waals surface area contributed by atoms with Gasteiger partial charge >= 0.3 is 0 Å². The molecule has 0 bridgehead atoms. The Morgan fingerprint density at radius 3 is 2.65 bits per heavy atom. The summed E-state index contributed by atoms with van der Waals surface area (Å²) in [5.74, 6) is 0.510. The number of aromatic nitrogens is 3. The Hall–Kier alpha value is -3.10. The first kappa shape index (κ1) is 21.1. The number of rotatable bonds is 8. The SMILES string of the molecule is Cc1nc(CCC(=O)c2sc(-n3ccc(OCc4ccccc4)cc3=O)nc2C)cs1. The van der Waals surface area contributed by atoms with Crippen molar-refractivity contribution in [3.05, 3.63) is 91.2 Å². The Morgan fingerprint density at radius 2 is 1.94 bits per heavy atom.